The molecule has 1 amide bonds. The first-order chi connectivity index (χ1) is 14.1. The van der Waals surface area contributed by atoms with Gasteiger partial charge in [-0.15, -0.1) is 0 Å². The summed E-state index contributed by atoms with van der Waals surface area (Å²) in [4.78, 5) is 12.4. The molecule has 0 saturated heterocycles. The van der Waals surface area contributed by atoms with Crippen molar-refractivity contribution in [3.05, 3.63) is 94.8 Å². The number of carbonyl (C=O) groups is 1. The molecule has 3 rings (SSSR count). The zero-order valence-electron chi connectivity index (χ0n) is 16.9. The Morgan fingerprint density at radius 1 is 1.07 bits per heavy atom. The molecule has 4 nitrogen and oxygen atoms in total. The van der Waals surface area contributed by atoms with Gasteiger partial charge in [-0.05, 0) is 73.7 Å². The molecule has 2 aromatic carbocycles. The van der Waals surface area contributed by atoms with Gasteiger partial charge in [0.25, 0.3) is 5.91 Å². The highest BCUT2D eigenvalue weighted by Gasteiger charge is 2.11. The highest BCUT2D eigenvalue weighted by atomic mass is 16.1. The molecule has 0 bridgehead atoms. The number of aryl methyl sites for hydroxylation is 3. The SMILES string of the molecule is Cc1ccc(-n2cccc2/C=C(/C#N)C(=O)NCCCc2ccccc2)cc1C. The molecule has 0 unspecified atom stereocenters. The van der Waals surface area contributed by atoms with Crippen molar-refractivity contribution >= 4 is 12.0 Å². The largest absolute Gasteiger partial charge is 0.351 e. The normalized spacial score (nSPS) is 11.1. The molecular weight excluding hydrogens is 358 g/mol. The smallest absolute Gasteiger partial charge is 0.262 e. The van der Waals surface area contributed by atoms with Crippen LogP contribution in [0, 0.1) is 25.2 Å². The van der Waals surface area contributed by atoms with E-state index in [1.807, 2.05) is 53.2 Å². The van der Waals surface area contributed by atoms with Crippen LogP contribution in [0.2, 0.25) is 0 Å². The van der Waals surface area contributed by atoms with Crippen molar-refractivity contribution in [2.45, 2.75) is 26.7 Å². The fourth-order valence-corrected chi connectivity index (χ4v) is 3.15. The van der Waals surface area contributed by atoms with Gasteiger partial charge in [0.2, 0.25) is 0 Å². The fourth-order valence-electron chi connectivity index (χ4n) is 3.15. The standard InChI is InChI=1S/C25H25N3O/c1-19-12-13-24(16-20(19)2)28-15-7-11-23(28)17-22(18-26)25(29)27-14-6-10-21-8-4-3-5-9-21/h3-5,7-9,11-13,15-17H,6,10,14H2,1-2H3,(H,27,29)/b22-17-. The highest BCUT2D eigenvalue weighted by molar-refractivity contribution is 6.01. The van der Waals surface area contributed by atoms with Crippen LogP contribution in [0.15, 0.2) is 72.4 Å². The Kier molecular flexibility index (Phi) is 6.65. The third kappa shape index (κ3) is 5.24. The van der Waals surface area contributed by atoms with E-state index in [1.165, 1.54) is 16.7 Å². The molecule has 0 saturated carbocycles. The first-order valence-corrected chi connectivity index (χ1v) is 9.77. The third-order valence-electron chi connectivity index (χ3n) is 4.98. The zero-order chi connectivity index (χ0) is 20.6. The number of hydrogen-bond acceptors (Lipinski definition) is 2. The Bertz CT molecular complexity index is 1060. The molecular formula is C25H25N3O. The van der Waals surface area contributed by atoms with Crippen LogP contribution in [0.5, 0.6) is 0 Å². The van der Waals surface area contributed by atoms with Crippen LogP contribution in [-0.2, 0) is 11.2 Å². The topological polar surface area (TPSA) is 57.8 Å². The van der Waals surface area contributed by atoms with E-state index in [2.05, 4.69) is 43.4 Å². The number of benzene rings is 2. The van der Waals surface area contributed by atoms with E-state index < -0.39 is 0 Å². The summed E-state index contributed by atoms with van der Waals surface area (Å²) in [5.74, 6) is -0.339. The van der Waals surface area contributed by atoms with Crippen molar-refractivity contribution in [2.24, 2.45) is 0 Å². The van der Waals surface area contributed by atoms with E-state index >= 15 is 0 Å². The van der Waals surface area contributed by atoms with Gasteiger partial charge >= 0.3 is 0 Å². The summed E-state index contributed by atoms with van der Waals surface area (Å²) in [5.41, 5.74) is 5.57. The lowest BCUT2D eigenvalue weighted by Gasteiger charge is -2.10. The molecule has 0 aliphatic carbocycles. The van der Waals surface area contributed by atoms with Gasteiger partial charge in [-0.25, -0.2) is 0 Å². The van der Waals surface area contributed by atoms with E-state index in [9.17, 15) is 10.1 Å². The summed E-state index contributed by atoms with van der Waals surface area (Å²) < 4.78 is 1.98. The number of carbonyl (C=O) groups excluding carboxylic acids is 1. The van der Waals surface area contributed by atoms with Gasteiger partial charge < -0.3 is 9.88 Å². The predicted molar refractivity (Wildman–Crippen MR) is 117 cm³/mol. The minimum absolute atomic E-state index is 0.105. The number of nitrogens with zero attached hydrogens (tertiary/aromatic N) is 2. The number of hydrogen-bond donors (Lipinski definition) is 1. The summed E-state index contributed by atoms with van der Waals surface area (Å²) in [6, 6.07) is 22.2. The van der Waals surface area contributed by atoms with Crippen molar-refractivity contribution in [3.63, 3.8) is 0 Å². The summed E-state index contributed by atoms with van der Waals surface area (Å²) in [5, 5.41) is 12.3. The molecule has 0 spiro atoms. The average Bonchev–Trinajstić information content (AvgIpc) is 3.20. The maximum absolute atomic E-state index is 12.4. The van der Waals surface area contributed by atoms with Crippen LogP contribution in [-0.4, -0.2) is 17.0 Å². The molecule has 0 aliphatic rings. The van der Waals surface area contributed by atoms with Crippen LogP contribution in [0.3, 0.4) is 0 Å². The summed E-state index contributed by atoms with van der Waals surface area (Å²) in [6.07, 6.45) is 5.29. The summed E-state index contributed by atoms with van der Waals surface area (Å²) in [7, 11) is 0. The summed E-state index contributed by atoms with van der Waals surface area (Å²) in [6.45, 7) is 4.68. The summed E-state index contributed by atoms with van der Waals surface area (Å²) >= 11 is 0. The number of nitrogens with one attached hydrogen (secondary N) is 1. The molecule has 0 radical (unpaired) electrons. The van der Waals surface area contributed by atoms with E-state index in [0.29, 0.717) is 6.54 Å². The predicted octanol–water partition coefficient (Wildman–Crippen LogP) is 4.75. The lowest BCUT2D eigenvalue weighted by atomic mass is 10.1. The van der Waals surface area contributed by atoms with Crippen LogP contribution in [0.1, 0.15) is 28.8 Å². The molecule has 1 heterocycles. The number of aromatic nitrogens is 1. The van der Waals surface area contributed by atoms with Gasteiger partial charge in [-0.2, -0.15) is 5.26 Å². The Balaban J connectivity index is 1.67. The Labute approximate surface area is 172 Å². The van der Waals surface area contributed by atoms with Gasteiger partial charge in [-0.3, -0.25) is 4.79 Å². The molecule has 0 atom stereocenters. The Morgan fingerprint density at radius 3 is 2.59 bits per heavy atom. The van der Waals surface area contributed by atoms with Crippen molar-refractivity contribution in [2.75, 3.05) is 6.54 Å². The van der Waals surface area contributed by atoms with Crippen LogP contribution >= 0.6 is 0 Å². The first kappa shape index (κ1) is 20.2. The maximum Gasteiger partial charge on any atom is 0.262 e. The van der Waals surface area contributed by atoms with Crippen molar-refractivity contribution in [3.8, 4) is 11.8 Å². The Hall–Kier alpha value is -3.58. The fraction of sp³-hybridized carbons (Fsp3) is 0.200. The van der Waals surface area contributed by atoms with E-state index in [-0.39, 0.29) is 11.5 Å². The minimum atomic E-state index is -0.339. The Morgan fingerprint density at radius 2 is 1.86 bits per heavy atom. The van der Waals surface area contributed by atoms with Gasteiger partial charge in [0.15, 0.2) is 0 Å². The van der Waals surface area contributed by atoms with Crippen LogP contribution in [0.25, 0.3) is 11.8 Å². The zero-order valence-corrected chi connectivity index (χ0v) is 16.9. The number of nitriles is 1. The van der Waals surface area contributed by atoms with Crippen LogP contribution in [0.4, 0.5) is 0 Å². The maximum atomic E-state index is 12.4. The van der Waals surface area contributed by atoms with Crippen LogP contribution < -0.4 is 5.32 Å². The van der Waals surface area contributed by atoms with Gasteiger partial charge in [-0.1, -0.05) is 36.4 Å². The second kappa shape index (κ2) is 9.57. The van der Waals surface area contributed by atoms with Gasteiger partial charge in [0, 0.05) is 24.1 Å². The van der Waals surface area contributed by atoms with Crippen molar-refractivity contribution < 1.29 is 4.79 Å². The molecule has 29 heavy (non-hydrogen) atoms. The van der Waals surface area contributed by atoms with Gasteiger partial charge in [0.05, 0.1) is 0 Å². The van der Waals surface area contributed by atoms with E-state index in [1.54, 1.807) is 6.08 Å². The quantitative estimate of drug-likeness (QED) is 0.364. The van der Waals surface area contributed by atoms with E-state index in [0.717, 1.165) is 24.2 Å². The van der Waals surface area contributed by atoms with Gasteiger partial charge in [0.1, 0.15) is 11.6 Å². The number of amides is 1. The molecule has 3 aromatic rings. The molecule has 0 fully saturated rings. The second-order valence-electron chi connectivity index (χ2n) is 7.09. The average molecular weight is 383 g/mol. The first-order valence-electron chi connectivity index (χ1n) is 9.77. The molecule has 4 heteroatoms. The third-order valence-corrected chi connectivity index (χ3v) is 4.98. The minimum Gasteiger partial charge on any atom is -0.351 e. The molecule has 0 aliphatic heterocycles. The lowest BCUT2D eigenvalue weighted by molar-refractivity contribution is -0.117. The number of rotatable bonds is 7. The molecule has 146 valence electrons. The molecule has 1 N–H and O–H groups in total. The van der Waals surface area contributed by atoms with E-state index in [4.69, 9.17) is 0 Å². The monoisotopic (exact) mass is 383 g/mol. The second-order valence-corrected chi connectivity index (χ2v) is 7.09. The van der Waals surface area contributed by atoms with Crippen molar-refractivity contribution in [1.29, 1.82) is 5.26 Å². The van der Waals surface area contributed by atoms with Crippen molar-refractivity contribution in [1.82, 2.24) is 9.88 Å². The lowest BCUT2D eigenvalue weighted by Crippen LogP contribution is -2.26. The molecule has 1 aromatic heterocycles. The highest BCUT2D eigenvalue weighted by Crippen LogP contribution is 2.18.